The molecule has 0 bridgehead atoms. The molecule has 0 radical (unpaired) electrons. The van der Waals surface area contributed by atoms with E-state index in [2.05, 4.69) is 19.0 Å². The second-order valence-corrected chi connectivity index (χ2v) is 6.28. The standard InChI is InChI=1S/C18H24N2O4/c1-12(2)9-10-20(4)18(22)23-11-16-13(3)19-24-17(16)14-5-7-15(21)8-6-14/h5-8,12,21H,9-11H2,1-4H3. The molecular weight excluding hydrogens is 308 g/mol. The van der Waals surface area contributed by atoms with E-state index >= 15 is 0 Å². The van der Waals surface area contributed by atoms with Gasteiger partial charge in [-0.3, -0.25) is 0 Å². The molecule has 0 atom stereocenters. The largest absolute Gasteiger partial charge is 0.508 e. The fourth-order valence-electron chi connectivity index (χ4n) is 2.19. The first-order chi connectivity index (χ1) is 11.4. The van der Waals surface area contributed by atoms with Gasteiger partial charge in [0.15, 0.2) is 5.76 Å². The van der Waals surface area contributed by atoms with Gasteiger partial charge in [-0.15, -0.1) is 0 Å². The number of phenolic OH excluding ortho intramolecular Hbond substituents is 1. The molecule has 2 rings (SSSR count). The van der Waals surface area contributed by atoms with E-state index in [1.165, 1.54) is 0 Å². The highest BCUT2D eigenvalue weighted by Gasteiger charge is 2.18. The van der Waals surface area contributed by atoms with Crippen molar-refractivity contribution in [2.75, 3.05) is 13.6 Å². The van der Waals surface area contributed by atoms with Crippen LogP contribution in [0.3, 0.4) is 0 Å². The molecule has 130 valence electrons. The first kappa shape index (κ1) is 17.8. The van der Waals surface area contributed by atoms with Crippen LogP contribution in [0, 0.1) is 12.8 Å². The molecule has 0 saturated carbocycles. The highest BCUT2D eigenvalue weighted by molar-refractivity contribution is 5.68. The van der Waals surface area contributed by atoms with Crippen LogP contribution < -0.4 is 0 Å². The molecule has 1 N–H and O–H groups in total. The van der Waals surface area contributed by atoms with Gasteiger partial charge in [0.05, 0.1) is 11.3 Å². The normalized spacial score (nSPS) is 10.9. The summed E-state index contributed by atoms with van der Waals surface area (Å²) in [5.74, 6) is 1.25. The Hall–Kier alpha value is -2.50. The number of carbonyl (C=O) groups excluding carboxylic acids is 1. The monoisotopic (exact) mass is 332 g/mol. The van der Waals surface area contributed by atoms with Crippen LogP contribution in [0.5, 0.6) is 5.75 Å². The lowest BCUT2D eigenvalue weighted by Crippen LogP contribution is -2.29. The number of carbonyl (C=O) groups is 1. The molecule has 1 heterocycles. The first-order valence-corrected chi connectivity index (χ1v) is 8.01. The Balaban J connectivity index is 2.04. The van der Waals surface area contributed by atoms with Gasteiger partial charge < -0.3 is 19.3 Å². The van der Waals surface area contributed by atoms with Gasteiger partial charge in [0.1, 0.15) is 12.4 Å². The number of aryl methyl sites for hydroxylation is 1. The molecular formula is C18H24N2O4. The third-order valence-corrected chi connectivity index (χ3v) is 3.81. The number of hydrogen-bond donors (Lipinski definition) is 1. The fourth-order valence-corrected chi connectivity index (χ4v) is 2.19. The number of benzene rings is 1. The van der Waals surface area contributed by atoms with Crippen LogP contribution in [0.2, 0.25) is 0 Å². The summed E-state index contributed by atoms with van der Waals surface area (Å²) >= 11 is 0. The van der Waals surface area contributed by atoms with Crippen molar-refractivity contribution in [3.05, 3.63) is 35.5 Å². The van der Waals surface area contributed by atoms with E-state index in [0.717, 1.165) is 17.5 Å². The van der Waals surface area contributed by atoms with Crippen molar-refractivity contribution in [3.8, 4) is 17.1 Å². The van der Waals surface area contributed by atoms with Crippen molar-refractivity contribution < 1.29 is 19.2 Å². The summed E-state index contributed by atoms with van der Waals surface area (Å²) in [7, 11) is 1.73. The lowest BCUT2D eigenvalue weighted by Gasteiger charge is -2.18. The summed E-state index contributed by atoms with van der Waals surface area (Å²) in [6, 6.07) is 6.61. The molecule has 1 amide bonds. The topological polar surface area (TPSA) is 75.8 Å². The maximum atomic E-state index is 12.1. The number of amides is 1. The van der Waals surface area contributed by atoms with Crippen LogP contribution in [-0.4, -0.2) is 34.8 Å². The predicted octanol–water partition coefficient (Wildman–Crippen LogP) is 3.97. The van der Waals surface area contributed by atoms with E-state index < -0.39 is 0 Å². The Bertz CT molecular complexity index is 677. The van der Waals surface area contributed by atoms with Gasteiger partial charge in [-0.1, -0.05) is 19.0 Å². The zero-order valence-corrected chi connectivity index (χ0v) is 14.6. The van der Waals surface area contributed by atoms with Crippen LogP contribution >= 0.6 is 0 Å². The third-order valence-electron chi connectivity index (χ3n) is 3.81. The van der Waals surface area contributed by atoms with E-state index in [1.54, 1.807) is 43.1 Å². The SMILES string of the molecule is Cc1noc(-c2ccc(O)cc2)c1COC(=O)N(C)CCC(C)C. The highest BCUT2D eigenvalue weighted by Crippen LogP contribution is 2.28. The second kappa shape index (κ2) is 7.86. The fraction of sp³-hybridized carbons (Fsp3) is 0.444. The molecule has 6 nitrogen and oxygen atoms in total. The van der Waals surface area contributed by atoms with Crippen molar-refractivity contribution in [1.82, 2.24) is 10.1 Å². The Morgan fingerprint density at radius 2 is 2.00 bits per heavy atom. The van der Waals surface area contributed by atoms with Gasteiger partial charge in [-0.2, -0.15) is 0 Å². The summed E-state index contributed by atoms with van der Waals surface area (Å²) in [6.07, 6.45) is 0.560. The summed E-state index contributed by atoms with van der Waals surface area (Å²) in [6.45, 7) is 6.78. The van der Waals surface area contributed by atoms with E-state index in [1.807, 2.05) is 0 Å². The molecule has 24 heavy (non-hydrogen) atoms. The van der Waals surface area contributed by atoms with Crippen molar-refractivity contribution >= 4 is 6.09 Å². The van der Waals surface area contributed by atoms with Gasteiger partial charge in [0, 0.05) is 19.2 Å². The summed E-state index contributed by atoms with van der Waals surface area (Å²) in [5.41, 5.74) is 2.18. The molecule has 1 aromatic heterocycles. The van der Waals surface area contributed by atoms with Gasteiger partial charge in [-0.25, -0.2) is 4.79 Å². The zero-order valence-electron chi connectivity index (χ0n) is 14.6. The lowest BCUT2D eigenvalue weighted by molar-refractivity contribution is 0.103. The molecule has 0 aliphatic heterocycles. The molecule has 2 aromatic rings. The van der Waals surface area contributed by atoms with Gasteiger partial charge in [0.25, 0.3) is 0 Å². The second-order valence-electron chi connectivity index (χ2n) is 6.28. The number of nitrogens with zero attached hydrogens (tertiary/aromatic N) is 2. The summed E-state index contributed by atoms with van der Waals surface area (Å²) in [5, 5.41) is 13.3. The Kier molecular flexibility index (Phi) is 5.84. The van der Waals surface area contributed by atoms with Crippen LogP contribution in [0.4, 0.5) is 4.79 Å². The quantitative estimate of drug-likeness (QED) is 0.866. The summed E-state index contributed by atoms with van der Waals surface area (Å²) < 4.78 is 10.7. The van der Waals surface area contributed by atoms with Crippen molar-refractivity contribution in [2.24, 2.45) is 5.92 Å². The predicted molar refractivity (Wildman–Crippen MR) is 90.6 cm³/mol. The minimum absolute atomic E-state index is 0.0936. The number of phenols is 1. The maximum Gasteiger partial charge on any atom is 0.409 e. The minimum Gasteiger partial charge on any atom is -0.508 e. The third kappa shape index (κ3) is 4.50. The van der Waals surface area contributed by atoms with E-state index in [9.17, 15) is 9.90 Å². The maximum absolute atomic E-state index is 12.1. The first-order valence-electron chi connectivity index (χ1n) is 8.01. The number of rotatable bonds is 6. The Morgan fingerprint density at radius 3 is 2.62 bits per heavy atom. The number of aromatic nitrogens is 1. The Morgan fingerprint density at radius 1 is 1.33 bits per heavy atom. The average molecular weight is 332 g/mol. The molecule has 6 heteroatoms. The van der Waals surface area contributed by atoms with E-state index in [-0.39, 0.29) is 18.4 Å². The molecule has 1 aromatic carbocycles. The van der Waals surface area contributed by atoms with Gasteiger partial charge >= 0.3 is 6.09 Å². The van der Waals surface area contributed by atoms with Crippen LogP contribution in [0.1, 0.15) is 31.5 Å². The highest BCUT2D eigenvalue weighted by atomic mass is 16.6. The average Bonchev–Trinajstić information content (AvgIpc) is 2.91. The van der Waals surface area contributed by atoms with Gasteiger partial charge in [-0.05, 0) is 43.5 Å². The molecule has 0 aliphatic carbocycles. The molecule has 0 saturated heterocycles. The smallest absolute Gasteiger partial charge is 0.409 e. The summed E-state index contributed by atoms with van der Waals surface area (Å²) in [4.78, 5) is 13.6. The molecule has 0 spiro atoms. The molecule has 0 fully saturated rings. The van der Waals surface area contributed by atoms with Crippen molar-refractivity contribution in [1.29, 1.82) is 0 Å². The van der Waals surface area contributed by atoms with Crippen LogP contribution in [0.15, 0.2) is 28.8 Å². The molecule has 0 unspecified atom stereocenters. The van der Waals surface area contributed by atoms with Crippen molar-refractivity contribution in [3.63, 3.8) is 0 Å². The zero-order chi connectivity index (χ0) is 17.7. The van der Waals surface area contributed by atoms with Crippen LogP contribution in [-0.2, 0) is 11.3 Å². The van der Waals surface area contributed by atoms with E-state index in [4.69, 9.17) is 9.26 Å². The van der Waals surface area contributed by atoms with E-state index in [0.29, 0.717) is 23.9 Å². The van der Waals surface area contributed by atoms with Gasteiger partial charge in [0.2, 0.25) is 0 Å². The van der Waals surface area contributed by atoms with Crippen molar-refractivity contribution in [2.45, 2.75) is 33.8 Å². The Labute approximate surface area is 142 Å². The lowest BCUT2D eigenvalue weighted by atomic mass is 10.1. The van der Waals surface area contributed by atoms with Crippen LogP contribution in [0.25, 0.3) is 11.3 Å². The molecule has 0 aliphatic rings. The number of aromatic hydroxyl groups is 1. The number of hydrogen-bond acceptors (Lipinski definition) is 5. The number of ether oxygens (including phenoxy) is 1. The minimum atomic E-state index is -0.368.